The molecule has 1 aliphatic rings. The van der Waals surface area contributed by atoms with Crippen LogP contribution < -0.4 is 0 Å². The minimum atomic E-state index is -0.778. The molecule has 1 rings (SSSR count). The average molecular weight is 167 g/mol. The molecule has 1 heterocycles. The zero-order valence-corrected chi connectivity index (χ0v) is 7.41. The average Bonchev–Trinajstić information content (AvgIpc) is 1.77. The first-order chi connectivity index (χ1) is 3.80. The first-order valence-electron chi connectivity index (χ1n) is 2.83. The normalized spacial score (nSPS) is 17.8. The number of hydrogen-bond donors (Lipinski definition) is 0. The Balaban J connectivity index is 2.97. The summed E-state index contributed by atoms with van der Waals surface area (Å²) >= 11 is -0.778. The molecule has 0 unspecified atom stereocenters. The van der Waals surface area contributed by atoms with Gasteiger partial charge in [-0.15, -0.1) is 0 Å². The van der Waals surface area contributed by atoms with E-state index in [1.54, 1.807) is 4.35 Å². The van der Waals surface area contributed by atoms with Crippen molar-refractivity contribution in [3.63, 3.8) is 0 Å². The molecule has 0 saturated carbocycles. The third-order valence-corrected chi connectivity index (χ3v) is 5.84. The van der Waals surface area contributed by atoms with Crippen LogP contribution in [-0.2, 0) is 0 Å². The van der Waals surface area contributed by atoms with Gasteiger partial charge in [0.2, 0.25) is 0 Å². The van der Waals surface area contributed by atoms with Crippen LogP contribution in [0.2, 0.25) is 5.76 Å². The van der Waals surface area contributed by atoms with E-state index in [4.69, 9.17) is 0 Å². The first kappa shape index (κ1) is 6.02. The quantitative estimate of drug-likeness (QED) is 0.480. The van der Waals surface area contributed by atoms with Gasteiger partial charge in [-0.1, -0.05) is 0 Å². The van der Waals surface area contributed by atoms with E-state index in [2.05, 4.69) is 35.8 Å². The van der Waals surface area contributed by atoms with E-state index in [1.807, 2.05) is 0 Å². The summed E-state index contributed by atoms with van der Waals surface area (Å²) in [6, 6.07) is 0. The molecule has 0 amide bonds. The summed E-state index contributed by atoms with van der Waals surface area (Å²) in [7, 11) is 0. The van der Waals surface area contributed by atoms with Gasteiger partial charge in [0.05, 0.1) is 0 Å². The Bertz CT molecular complexity index is 153. The van der Waals surface area contributed by atoms with Gasteiger partial charge in [-0.05, 0) is 0 Å². The first-order valence-corrected chi connectivity index (χ1v) is 7.19. The van der Waals surface area contributed by atoms with Crippen LogP contribution in [0, 0.1) is 0 Å². The van der Waals surface area contributed by atoms with Gasteiger partial charge in [-0.2, -0.15) is 0 Å². The third kappa shape index (κ3) is 1.19. The molecule has 0 aliphatic carbocycles. The summed E-state index contributed by atoms with van der Waals surface area (Å²) in [6.45, 7) is 2.23. The van der Waals surface area contributed by atoms with E-state index in [1.165, 1.54) is 0 Å². The standard InChI is InChI=1S/C7H10Ge/c1-7-5-3-4-6-8(7)2/h3-6H,1-2H3. The minimum absolute atomic E-state index is 0.778. The molecular formula is C7H10Ge. The molecule has 42 valence electrons. The van der Waals surface area contributed by atoms with Crippen molar-refractivity contribution >= 4 is 18.3 Å². The second-order valence-electron chi connectivity index (χ2n) is 2.08. The summed E-state index contributed by atoms with van der Waals surface area (Å²) in [4.78, 5) is 2.37. The number of hydrogen-bond acceptors (Lipinski definition) is 0. The number of allylic oxidation sites excluding steroid dienone is 3. The second kappa shape index (κ2) is 2.45. The van der Waals surface area contributed by atoms with Crippen LogP contribution >= 0.6 is 0 Å². The Morgan fingerprint density at radius 2 is 2.12 bits per heavy atom. The Kier molecular flexibility index (Phi) is 1.84. The van der Waals surface area contributed by atoms with E-state index in [0.717, 1.165) is 0 Å². The predicted octanol–water partition coefficient (Wildman–Crippen LogP) is 1.55. The SMILES string of the molecule is C[C]1=[Ge]([CH3])[CH]=CC=C1. The summed E-state index contributed by atoms with van der Waals surface area (Å²) in [6.07, 6.45) is 6.52. The van der Waals surface area contributed by atoms with Crippen molar-refractivity contribution in [1.29, 1.82) is 0 Å². The molecule has 0 bridgehead atoms. The molecule has 0 aromatic rings. The van der Waals surface area contributed by atoms with Crippen LogP contribution in [0.5, 0.6) is 0 Å². The van der Waals surface area contributed by atoms with Crippen molar-refractivity contribution in [2.75, 3.05) is 0 Å². The van der Waals surface area contributed by atoms with Crippen molar-refractivity contribution in [3.05, 3.63) is 23.1 Å². The van der Waals surface area contributed by atoms with Gasteiger partial charge in [0.1, 0.15) is 0 Å². The molecule has 0 nitrogen and oxygen atoms in total. The van der Waals surface area contributed by atoms with Crippen LogP contribution in [0.25, 0.3) is 0 Å². The zero-order chi connectivity index (χ0) is 5.98. The van der Waals surface area contributed by atoms with Crippen molar-refractivity contribution in [2.24, 2.45) is 0 Å². The second-order valence-corrected chi connectivity index (χ2v) is 7.30. The molecule has 0 fully saturated rings. The van der Waals surface area contributed by atoms with E-state index in [-0.39, 0.29) is 0 Å². The van der Waals surface area contributed by atoms with Crippen LogP contribution in [0.4, 0.5) is 0 Å². The third-order valence-electron chi connectivity index (χ3n) is 1.43. The van der Waals surface area contributed by atoms with Crippen LogP contribution in [-0.4, -0.2) is 18.3 Å². The van der Waals surface area contributed by atoms with E-state index < -0.39 is 13.9 Å². The summed E-state index contributed by atoms with van der Waals surface area (Å²) in [5.74, 6) is 2.37. The van der Waals surface area contributed by atoms with E-state index >= 15 is 0 Å². The topological polar surface area (TPSA) is 0 Å². The molecule has 0 aromatic carbocycles. The number of rotatable bonds is 0. The van der Waals surface area contributed by atoms with Gasteiger partial charge in [-0.3, -0.25) is 0 Å². The van der Waals surface area contributed by atoms with E-state index in [0.29, 0.717) is 0 Å². The summed E-state index contributed by atoms with van der Waals surface area (Å²) in [5.41, 5.74) is 0. The fourth-order valence-corrected chi connectivity index (χ4v) is 2.81. The molecule has 0 saturated heterocycles. The summed E-state index contributed by atoms with van der Waals surface area (Å²) < 4.78 is 1.62. The van der Waals surface area contributed by atoms with Crippen LogP contribution in [0.15, 0.2) is 23.1 Å². The van der Waals surface area contributed by atoms with Crippen molar-refractivity contribution < 1.29 is 0 Å². The fraction of sp³-hybridized carbons (Fsp3) is 0.286. The van der Waals surface area contributed by atoms with Gasteiger partial charge < -0.3 is 0 Å². The fourth-order valence-electron chi connectivity index (χ4n) is 0.663. The summed E-state index contributed by atoms with van der Waals surface area (Å²) in [5, 5.41) is 0. The Hall–Kier alpha value is -0.107. The Labute approximate surface area is 54.6 Å². The maximum absolute atomic E-state index is 2.37. The zero-order valence-electron chi connectivity index (χ0n) is 5.31. The van der Waals surface area contributed by atoms with Gasteiger partial charge in [0, 0.05) is 0 Å². The monoisotopic (exact) mass is 168 g/mol. The molecule has 0 N–H and O–H groups in total. The van der Waals surface area contributed by atoms with Gasteiger partial charge in [-0.25, -0.2) is 0 Å². The molecule has 0 atom stereocenters. The van der Waals surface area contributed by atoms with Crippen molar-refractivity contribution in [1.82, 2.24) is 0 Å². The Morgan fingerprint density at radius 3 is 2.50 bits per heavy atom. The predicted molar refractivity (Wildman–Crippen MR) is 40.6 cm³/mol. The molecule has 0 radical (unpaired) electrons. The molecule has 8 heavy (non-hydrogen) atoms. The van der Waals surface area contributed by atoms with Gasteiger partial charge >= 0.3 is 54.1 Å². The van der Waals surface area contributed by atoms with Crippen molar-refractivity contribution in [3.8, 4) is 0 Å². The molecule has 1 aliphatic heterocycles. The maximum atomic E-state index is 2.37. The van der Waals surface area contributed by atoms with Crippen LogP contribution in [0.3, 0.4) is 0 Å². The molecular weight excluding hydrogens is 157 g/mol. The molecule has 0 aromatic heterocycles. The van der Waals surface area contributed by atoms with Gasteiger partial charge in [0.15, 0.2) is 0 Å². The molecule has 1 heteroatoms. The van der Waals surface area contributed by atoms with Crippen molar-refractivity contribution in [2.45, 2.75) is 12.7 Å². The van der Waals surface area contributed by atoms with Crippen LogP contribution in [0.1, 0.15) is 6.92 Å². The Morgan fingerprint density at radius 1 is 1.38 bits per heavy atom. The molecule has 0 spiro atoms. The van der Waals surface area contributed by atoms with E-state index in [9.17, 15) is 0 Å². The van der Waals surface area contributed by atoms with Gasteiger partial charge in [0.25, 0.3) is 0 Å².